The van der Waals surface area contributed by atoms with E-state index < -0.39 is 28.5 Å². The molecule has 0 fully saturated rings. The molecule has 0 saturated carbocycles. The molecule has 29 heavy (non-hydrogen) atoms. The molecule has 2 aromatic rings. The van der Waals surface area contributed by atoms with Crippen LogP contribution in [-0.4, -0.2) is 45.3 Å². The Morgan fingerprint density at radius 2 is 1.72 bits per heavy atom. The summed E-state index contributed by atoms with van der Waals surface area (Å²) in [5.74, 6) is -1.22. The van der Waals surface area contributed by atoms with Crippen molar-refractivity contribution in [2.45, 2.75) is 18.7 Å². The molecule has 8 heteroatoms. The number of hydrogen-bond donors (Lipinski definition) is 1. The van der Waals surface area contributed by atoms with E-state index in [9.17, 15) is 18.0 Å². The predicted octanol–water partition coefficient (Wildman–Crippen LogP) is 2.75. The SMILES string of the molecule is Cc1ccc(/C=C/C(=O)OCC(=O)Nc2ccc(C)c(S(=O)(=O)N(C)C)c2)cc1. The minimum atomic E-state index is -3.64. The van der Waals surface area contributed by atoms with Gasteiger partial charge in [0.2, 0.25) is 10.0 Å². The summed E-state index contributed by atoms with van der Waals surface area (Å²) in [6.07, 6.45) is 2.84. The molecule has 0 saturated heterocycles. The first kappa shape index (κ1) is 22.3. The van der Waals surface area contributed by atoms with Crippen molar-refractivity contribution in [2.75, 3.05) is 26.0 Å². The van der Waals surface area contributed by atoms with Gasteiger partial charge >= 0.3 is 5.97 Å². The first-order chi connectivity index (χ1) is 13.6. The second-order valence-corrected chi connectivity index (χ2v) is 8.79. The lowest BCUT2D eigenvalue weighted by Gasteiger charge is -2.15. The molecular formula is C21H24N2O5S. The van der Waals surface area contributed by atoms with Crippen LogP contribution in [0.5, 0.6) is 0 Å². The monoisotopic (exact) mass is 416 g/mol. The molecular weight excluding hydrogens is 392 g/mol. The summed E-state index contributed by atoms with van der Waals surface area (Å²) >= 11 is 0. The minimum Gasteiger partial charge on any atom is -0.452 e. The smallest absolute Gasteiger partial charge is 0.331 e. The van der Waals surface area contributed by atoms with Gasteiger partial charge in [-0.05, 0) is 43.2 Å². The van der Waals surface area contributed by atoms with Crippen LogP contribution in [0.4, 0.5) is 5.69 Å². The molecule has 0 radical (unpaired) electrons. The lowest BCUT2D eigenvalue weighted by Crippen LogP contribution is -2.24. The molecule has 0 spiro atoms. The van der Waals surface area contributed by atoms with Crippen LogP contribution in [0.15, 0.2) is 53.4 Å². The second kappa shape index (κ2) is 9.49. The molecule has 2 aromatic carbocycles. The third-order valence-electron chi connectivity index (χ3n) is 4.07. The molecule has 1 N–H and O–H groups in total. The maximum Gasteiger partial charge on any atom is 0.331 e. The van der Waals surface area contributed by atoms with Crippen molar-refractivity contribution in [1.29, 1.82) is 0 Å². The Balaban J connectivity index is 1.95. The van der Waals surface area contributed by atoms with Crippen molar-refractivity contribution in [1.82, 2.24) is 4.31 Å². The molecule has 0 aliphatic heterocycles. The number of nitrogens with zero attached hydrogens (tertiary/aromatic N) is 1. The average molecular weight is 416 g/mol. The van der Waals surface area contributed by atoms with Crippen LogP contribution in [0, 0.1) is 13.8 Å². The predicted molar refractivity (Wildman–Crippen MR) is 112 cm³/mol. The molecule has 1 amide bonds. The Labute approximate surface area is 171 Å². The molecule has 2 rings (SSSR count). The van der Waals surface area contributed by atoms with E-state index in [0.29, 0.717) is 11.3 Å². The highest BCUT2D eigenvalue weighted by Gasteiger charge is 2.20. The van der Waals surface area contributed by atoms with Crippen LogP contribution in [0.2, 0.25) is 0 Å². The Morgan fingerprint density at radius 1 is 1.07 bits per heavy atom. The van der Waals surface area contributed by atoms with E-state index in [4.69, 9.17) is 4.74 Å². The minimum absolute atomic E-state index is 0.0957. The fraction of sp³-hybridized carbons (Fsp3) is 0.238. The Bertz CT molecular complexity index is 1030. The highest BCUT2D eigenvalue weighted by atomic mass is 32.2. The summed E-state index contributed by atoms with van der Waals surface area (Å²) in [6, 6.07) is 12.1. The first-order valence-electron chi connectivity index (χ1n) is 8.84. The number of carbonyl (C=O) groups is 2. The van der Waals surface area contributed by atoms with Crippen LogP contribution >= 0.6 is 0 Å². The van der Waals surface area contributed by atoms with Gasteiger partial charge in [0.1, 0.15) is 0 Å². The maximum atomic E-state index is 12.3. The van der Waals surface area contributed by atoms with Crippen LogP contribution in [0.1, 0.15) is 16.7 Å². The zero-order valence-electron chi connectivity index (χ0n) is 16.8. The third-order valence-corrected chi connectivity index (χ3v) is 6.02. The highest BCUT2D eigenvalue weighted by Crippen LogP contribution is 2.22. The van der Waals surface area contributed by atoms with Crippen molar-refractivity contribution in [2.24, 2.45) is 0 Å². The number of aryl methyl sites for hydroxylation is 2. The number of hydrogen-bond acceptors (Lipinski definition) is 5. The van der Waals surface area contributed by atoms with Crippen molar-refractivity contribution >= 4 is 33.7 Å². The molecule has 0 unspecified atom stereocenters. The normalized spacial score (nSPS) is 11.6. The standard InChI is InChI=1S/C21H24N2O5S/c1-15-5-8-17(9-6-15)10-12-21(25)28-14-20(24)22-18-11-7-16(2)19(13-18)29(26,27)23(3)4/h5-13H,14H2,1-4H3,(H,22,24)/b12-10+. The van der Waals surface area contributed by atoms with Gasteiger partial charge in [-0.15, -0.1) is 0 Å². The van der Waals surface area contributed by atoms with Gasteiger partial charge < -0.3 is 10.1 Å². The lowest BCUT2D eigenvalue weighted by atomic mass is 10.1. The van der Waals surface area contributed by atoms with Gasteiger partial charge in [0.25, 0.3) is 5.91 Å². The third kappa shape index (κ3) is 6.27. The van der Waals surface area contributed by atoms with Gasteiger partial charge in [0.05, 0.1) is 4.90 Å². The number of sulfonamides is 1. The molecule has 0 bridgehead atoms. The van der Waals surface area contributed by atoms with Gasteiger partial charge in [0, 0.05) is 25.9 Å². The van der Waals surface area contributed by atoms with E-state index in [2.05, 4.69) is 5.32 Å². The summed E-state index contributed by atoms with van der Waals surface area (Å²) in [4.78, 5) is 23.9. The maximum absolute atomic E-state index is 12.3. The Morgan fingerprint density at radius 3 is 2.34 bits per heavy atom. The van der Waals surface area contributed by atoms with Gasteiger partial charge in [0.15, 0.2) is 6.61 Å². The quantitative estimate of drug-likeness (QED) is 0.553. The molecule has 0 aliphatic rings. The van der Waals surface area contributed by atoms with Gasteiger partial charge in [-0.3, -0.25) is 4.79 Å². The summed E-state index contributed by atoms with van der Waals surface area (Å²) in [5, 5.41) is 2.53. The van der Waals surface area contributed by atoms with Crippen LogP contribution in [0.25, 0.3) is 6.08 Å². The fourth-order valence-electron chi connectivity index (χ4n) is 2.38. The number of amides is 1. The van der Waals surface area contributed by atoms with Crippen LogP contribution in [0.3, 0.4) is 0 Å². The van der Waals surface area contributed by atoms with E-state index in [1.165, 1.54) is 26.2 Å². The molecule has 0 aliphatic carbocycles. The molecule has 0 aromatic heterocycles. The number of nitrogens with one attached hydrogen (secondary N) is 1. The summed E-state index contributed by atoms with van der Waals surface area (Å²) in [6.45, 7) is 3.15. The van der Waals surface area contributed by atoms with Gasteiger partial charge in [-0.1, -0.05) is 35.9 Å². The zero-order chi connectivity index (χ0) is 21.6. The molecule has 154 valence electrons. The van der Waals surface area contributed by atoms with Crippen LogP contribution < -0.4 is 5.32 Å². The van der Waals surface area contributed by atoms with Crippen LogP contribution in [-0.2, 0) is 24.3 Å². The number of carbonyl (C=O) groups excluding carboxylic acids is 2. The topological polar surface area (TPSA) is 92.8 Å². The number of rotatable bonds is 7. The van der Waals surface area contributed by atoms with E-state index in [-0.39, 0.29) is 4.90 Å². The first-order valence-corrected chi connectivity index (χ1v) is 10.3. The molecule has 0 atom stereocenters. The lowest BCUT2D eigenvalue weighted by molar-refractivity contribution is -0.142. The molecule has 0 heterocycles. The summed E-state index contributed by atoms with van der Waals surface area (Å²) in [5.41, 5.74) is 2.81. The summed E-state index contributed by atoms with van der Waals surface area (Å²) < 4.78 is 30.7. The van der Waals surface area contributed by atoms with Crippen molar-refractivity contribution < 1.29 is 22.7 Å². The number of anilines is 1. The summed E-state index contributed by atoms with van der Waals surface area (Å²) in [7, 11) is -0.772. The Kier molecular flexibility index (Phi) is 7.30. The molecule has 7 nitrogen and oxygen atoms in total. The van der Waals surface area contributed by atoms with Crippen molar-refractivity contribution in [3.8, 4) is 0 Å². The Hall–Kier alpha value is -2.97. The zero-order valence-corrected chi connectivity index (χ0v) is 17.6. The fourth-order valence-corrected chi connectivity index (χ4v) is 3.52. The highest BCUT2D eigenvalue weighted by molar-refractivity contribution is 7.89. The van der Waals surface area contributed by atoms with Gasteiger partial charge in [-0.2, -0.15) is 0 Å². The van der Waals surface area contributed by atoms with E-state index in [0.717, 1.165) is 15.4 Å². The second-order valence-electron chi connectivity index (χ2n) is 6.67. The number of esters is 1. The number of ether oxygens (including phenoxy) is 1. The number of benzene rings is 2. The largest absolute Gasteiger partial charge is 0.452 e. The van der Waals surface area contributed by atoms with Gasteiger partial charge in [-0.25, -0.2) is 17.5 Å². The van der Waals surface area contributed by atoms with Crippen molar-refractivity contribution in [3.05, 3.63) is 65.2 Å². The van der Waals surface area contributed by atoms with E-state index in [1.807, 2.05) is 31.2 Å². The van der Waals surface area contributed by atoms with E-state index >= 15 is 0 Å². The van der Waals surface area contributed by atoms with E-state index in [1.54, 1.807) is 25.1 Å². The average Bonchev–Trinajstić information content (AvgIpc) is 2.67. The van der Waals surface area contributed by atoms with Crippen molar-refractivity contribution in [3.63, 3.8) is 0 Å².